The largest absolute Gasteiger partial charge is 0.309 e. The first kappa shape index (κ1) is 35.5. The van der Waals surface area contributed by atoms with E-state index < -0.39 is 0 Å². The quantitative estimate of drug-likeness (QED) is 0.162. The molecule has 3 aromatic heterocycles. The van der Waals surface area contributed by atoms with Crippen LogP contribution in [0.1, 0.15) is 0 Å². The zero-order valence-electron chi connectivity index (χ0n) is 33.6. The molecule has 0 bridgehead atoms. The Labute approximate surface area is 358 Å². The SMILES string of the molecule is c1ccc(-c2ccc(-c3nc(-c4ccccc4)nc(-c4cccc(-c5cc(-n6c7ccccc7c7ccccc76)ccc5-n5c6ccccc6c6ccccc65)c4)n3)cc2)cc1. The van der Waals surface area contributed by atoms with Crippen LogP contribution in [0.5, 0.6) is 0 Å². The fourth-order valence-corrected chi connectivity index (χ4v) is 9.09. The van der Waals surface area contributed by atoms with Gasteiger partial charge in [-0.2, -0.15) is 0 Å². The third kappa shape index (κ3) is 5.98. The predicted molar refractivity (Wildman–Crippen MR) is 256 cm³/mol. The molecule has 0 spiro atoms. The van der Waals surface area contributed by atoms with Crippen molar-refractivity contribution in [2.45, 2.75) is 0 Å². The lowest BCUT2D eigenvalue weighted by atomic mass is 9.99. The van der Waals surface area contributed by atoms with Gasteiger partial charge in [-0.15, -0.1) is 0 Å². The smallest absolute Gasteiger partial charge is 0.164 e. The molecule has 0 saturated carbocycles. The van der Waals surface area contributed by atoms with Crippen LogP contribution in [0.4, 0.5) is 0 Å². The number of fused-ring (bicyclic) bond motifs is 6. The third-order valence-corrected chi connectivity index (χ3v) is 12.0. The van der Waals surface area contributed by atoms with Crippen molar-refractivity contribution >= 4 is 43.6 Å². The standard InChI is InChI=1S/C57H37N5/c1-3-16-38(17-4-1)39-30-32-41(33-31-39)56-58-55(40-18-5-2-6-19-40)59-57(60-56)43-21-15-20-42(36-43)49-37-44(61-50-26-11-7-22-45(50)46-23-8-12-27-51(46)61)34-35-54(49)62-52-28-13-9-24-47(52)48-25-10-14-29-53(48)62/h1-37H. The molecule has 62 heavy (non-hydrogen) atoms. The summed E-state index contributed by atoms with van der Waals surface area (Å²) in [5.74, 6) is 1.86. The van der Waals surface area contributed by atoms with E-state index in [0.29, 0.717) is 17.5 Å². The highest BCUT2D eigenvalue weighted by atomic mass is 15.0. The second-order valence-corrected chi connectivity index (χ2v) is 15.6. The zero-order valence-corrected chi connectivity index (χ0v) is 33.6. The van der Waals surface area contributed by atoms with Gasteiger partial charge in [-0.1, -0.05) is 176 Å². The van der Waals surface area contributed by atoms with E-state index >= 15 is 0 Å². The van der Waals surface area contributed by atoms with Gasteiger partial charge in [0.05, 0.1) is 27.8 Å². The number of hydrogen-bond donors (Lipinski definition) is 0. The van der Waals surface area contributed by atoms with Crippen LogP contribution in [0.15, 0.2) is 224 Å². The van der Waals surface area contributed by atoms with Crippen molar-refractivity contribution in [2.24, 2.45) is 0 Å². The Balaban J connectivity index is 1.07. The van der Waals surface area contributed by atoms with E-state index in [0.717, 1.165) is 55.8 Å². The van der Waals surface area contributed by atoms with Crippen molar-refractivity contribution in [1.29, 1.82) is 0 Å². The van der Waals surface area contributed by atoms with E-state index in [9.17, 15) is 0 Å². The van der Waals surface area contributed by atoms with Crippen molar-refractivity contribution in [2.75, 3.05) is 0 Å². The van der Waals surface area contributed by atoms with Crippen LogP contribution >= 0.6 is 0 Å². The molecule has 0 amide bonds. The van der Waals surface area contributed by atoms with Crippen molar-refractivity contribution in [3.05, 3.63) is 224 Å². The predicted octanol–water partition coefficient (Wildman–Crippen LogP) is 14.4. The van der Waals surface area contributed by atoms with Gasteiger partial charge in [-0.05, 0) is 65.2 Å². The number of nitrogens with zero attached hydrogens (tertiary/aromatic N) is 5. The second kappa shape index (κ2) is 14.7. The molecule has 0 aliphatic heterocycles. The molecular weight excluding hydrogens is 755 g/mol. The average Bonchev–Trinajstić information content (AvgIpc) is 3.87. The summed E-state index contributed by atoms with van der Waals surface area (Å²) in [4.78, 5) is 15.4. The van der Waals surface area contributed by atoms with Crippen molar-refractivity contribution < 1.29 is 0 Å². The number of aromatic nitrogens is 5. The number of rotatable bonds is 7. The summed E-state index contributed by atoms with van der Waals surface area (Å²) in [7, 11) is 0. The topological polar surface area (TPSA) is 48.5 Å². The summed E-state index contributed by atoms with van der Waals surface area (Å²) in [6.07, 6.45) is 0. The number of benzene rings is 9. The Bertz CT molecular complexity index is 3520. The maximum atomic E-state index is 5.19. The highest BCUT2D eigenvalue weighted by molar-refractivity contribution is 6.11. The second-order valence-electron chi connectivity index (χ2n) is 15.6. The van der Waals surface area contributed by atoms with Crippen LogP contribution in [0.25, 0.3) is 111 Å². The summed E-state index contributed by atoms with van der Waals surface area (Å²) in [6.45, 7) is 0. The lowest BCUT2D eigenvalue weighted by Gasteiger charge is -2.18. The van der Waals surface area contributed by atoms with Crippen LogP contribution in [-0.2, 0) is 0 Å². The normalized spacial score (nSPS) is 11.5. The van der Waals surface area contributed by atoms with E-state index in [2.05, 4.69) is 209 Å². The monoisotopic (exact) mass is 791 g/mol. The van der Waals surface area contributed by atoms with Gasteiger partial charge in [0.2, 0.25) is 0 Å². The van der Waals surface area contributed by atoms with Crippen LogP contribution in [0, 0.1) is 0 Å². The first-order chi connectivity index (χ1) is 30.7. The summed E-state index contributed by atoms with van der Waals surface area (Å²) < 4.78 is 4.80. The molecule has 0 saturated heterocycles. The van der Waals surface area contributed by atoms with E-state index in [1.54, 1.807) is 0 Å². The first-order valence-corrected chi connectivity index (χ1v) is 20.9. The van der Waals surface area contributed by atoms with Crippen LogP contribution in [-0.4, -0.2) is 24.1 Å². The molecule has 5 nitrogen and oxygen atoms in total. The molecule has 0 unspecified atom stereocenters. The summed E-state index contributed by atoms with van der Waals surface area (Å²) in [6, 6.07) is 79.4. The van der Waals surface area contributed by atoms with Gasteiger partial charge < -0.3 is 9.13 Å². The summed E-state index contributed by atoms with van der Waals surface area (Å²) in [5, 5.41) is 4.90. The lowest BCUT2D eigenvalue weighted by Crippen LogP contribution is -2.02. The molecule has 12 rings (SSSR count). The minimum absolute atomic E-state index is 0.611. The van der Waals surface area contributed by atoms with Gasteiger partial charge in [0.1, 0.15) is 0 Å². The minimum atomic E-state index is 0.611. The molecule has 0 radical (unpaired) electrons. The van der Waals surface area contributed by atoms with E-state index in [1.807, 2.05) is 24.3 Å². The molecule has 5 heteroatoms. The third-order valence-electron chi connectivity index (χ3n) is 12.0. The first-order valence-electron chi connectivity index (χ1n) is 20.9. The maximum Gasteiger partial charge on any atom is 0.164 e. The van der Waals surface area contributed by atoms with E-state index in [-0.39, 0.29) is 0 Å². The van der Waals surface area contributed by atoms with Crippen molar-refractivity contribution in [3.63, 3.8) is 0 Å². The highest BCUT2D eigenvalue weighted by Gasteiger charge is 2.20. The molecule has 0 aliphatic rings. The van der Waals surface area contributed by atoms with Crippen LogP contribution in [0.2, 0.25) is 0 Å². The molecule has 0 aliphatic carbocycles. The van der Waals surface area contributed by atoms with Gasteiger partial charge in [0.15, 0.2) is 17.5 Å². The van der Waals surface area contributed by atoms with Crippen LogP contribution in [0.3, 0.4) is 0 Å². The summed E-state index contributed by atoms with van der Waals surface area (Å²) in [5.41, 5.74) is 14.0. The Hall–Kier alpha value is -8.41. The van der Waals surface area contributed by atoms with Crippen molar-refractivity contribution in [3.8, 4) is 67.8 Å². The molecule has 3 heterocycles. The molecule has 290 valence electrons. The van der Waals surface area contributed by atoms with E-state index in [1.165, 1.54) is 38.1 Å². The average molecular weight is 792 g/mol. The zero-order chi connectivity index (χ0) is 41.0. The van der Waals surface area contributed by atoms with E-state index in [4.69, 9.17) is 15.0 Å². The van der Waals surface area contributed by atoms with Gasteiger partial charge in [0.25, 0.3) is 0 Å². The minimum Gasteiger partial charge on any atom is -0.309 e. The number of hydrogen-bond acceptors (Lipinski definition) is 3. The molecule has 0 N–H and O–H groups in total. The maximum absolute atomic E-state index is 5.19. The summed E-state index contributed by atoms with van der Waals surface area (Å²) >= 11 is 0. The molecule has 12 aromatic rings. The molecule has 9 aromatic carbocycles. The molecule has 0 fully saturated rings. The van der Waals surface area contributed by atoms with Gasteiger partial charge in [0, 0.05) is 49.5 Å². The highest BCUT2D eigenvalue weighted by Crippen LogP contribution is 2.40. The Morgan fingerprint density at radius 3 is 1.19 bits per heavy atom. The lowest BCUT2D eigenvalue weighted by molar-refractivity contribution is 1.07. The van der Waals surface area contributed by atoms with Gasteiger partial charge in [-0.3, -0.25) is 0 Å². The van der Waals surface area contributed by atoms with Gasteiger partial charge in [-0.25, -0.2) is 15.0 Å². The molecule has 0 atom stereocenters. The fraction of sp³-hybridized carbons (Fsp3) is 0. The fourth-order valence-electron chi connectivity index (χ4n) is 9.09. The Morgan fingerprint density at radius 2 is 0.645 bits per heavy atom. The Kier molecular flexibility index (Phi) is 8.42. The molecular formula is C57H37N5. The number of para-hydroxylation sites is 4. The van der Waals surface area contributed by atoms with Crippen molar-refractivity contribution in [1.82, 2.24) is 24.1 Å². The Morgan fingerprint density at radius 1 is 0.258 bits per heavy atom. The van der Waals surface area contributed by atoms with Gasteiger partial charge >= 0.3 is 0 Å². The van der Waals surface area contributed by atoms with Crippen LogP contribution < -0.4 is 0 Å².